The number of rotatable bonds is 7. The fraction of sp³-hybridized carbons (Fsp3) is 0.474. The molecule has 1 aliphatic carbocycles. The molecule has 0 aromatic carbocycles. The summed E-state index contributed by atoms with van der Waals surface area (Å²) in [5, 5.41) is 4.46. The van der Waals surface area contributed by atoms with Gasteiger partial charge in [0.15, 0.2) is 0 Å². The van der Waals surface area contributed by atoms with Gasteiger partial charge in [0.25, 0.3) is 0 Å². The van der Waals surface area contributed by atoms with E-state index in [9.17, 15) is 8.42 Å². The summed E-state index contributed by atoms with van der Waals surface area (Å²) in [4.78, 5) is 4.39. The van der Waals surface area contributed by atoms with Crippen LogP contribution in [0.3, 0.4) is 0 Å². The Morgan fingerprint density at radius 2 is 2.08 bits per heavy atom. The second-order valence-corrected chi connectivity index (χ2v) is 8.45. The Morgan fingerprint density at radius 3 is 2.62 bits per heavy atom. The SMILES string of the molecule is C=C(C)[C@@H]1CC=C(C)C(=NNc2ccc(S(=O)(=O)N(CC)CC)cn2)C1. The number of hydrogen-bond acceptors (Lipinski definition) is 5. The van der Waals surface area contributed by atoms with Crippen molar-refractivity contribution in [3.8, 4) is 0 Å². The molecule has 142 valence electrons. The lowest BCUT2D eigenvalue weighted by molar-refractivity contribution is 0.445. The van der Waals surface area contributed by atoms with Crippen LogP contribution in [0.4, 0.5) is 5.82 Å². The molecule has 0 unspecified atom stereocenters. The molecule has 0 radical (unpaired) electrons. The molecule has 1 N–H and O–H groups in total. The largest absolute Gasteiger partial charge is 0.261 e. The zero-order valence-electron chi connectivity index (χ0n) is 16.0. The van der Waals surface area contributed by atoms with Gasteiger partial charge in [-0.15, -0.1) is 0 Å². The van der Waals surface area contributed by atoms with Gasteiger partial charge in [-0.25, -0.2) is 13.4 Å². The number of hydrogen-bond donors (Lipinski definition) is 1. The lowest BCUT2D eigenvalue weighted by Crippen LogP contribution is -2.30. The maximum Gasteiger partial charge on any atom is 0.244 e. The van der Waals surface area contributed by atoms with E-state index in [-0.39, 0.29) is 4.90 Å². The van der Waals surface area contributed by atoms with E-state index in [0.29, 0.717) is 24.8 Å². The highest BCUT2D eigenvalue weighted by molar-refractivity contribution is 7.89. The quantitative estimate of drug-likeness (QED) is 0.580. The van der Waals surface area contributed by atoms with Crippen LogP contribution in [0, 0.1) is 5.92 Å². The minimum Gasteiger partial charge on any atom is -0.261 e. The van der Waals surface area contributed by atoms with Crippen LogP contribution >= 0.6 is 0 Å². The van der Waals surface area contributed by atoms with Crippen LogP contribution in [0.25, 0.3) is 0 Å². The minimum atomic E-state index is -3.49. The van der Waals surface area contributed by atoms with Gasteiger partial charge in [0.05, 0.1) is 5.71 Å². The highest BCUT2D eigenvalue weighted by Crippen LogP contribution is 2.26. The van der Waals surface area contributed by atoms with Crippen LogP contribution < -0.4 is 5.43 Å². The summed E-state index contributed by atoms with van der Waals surface area (Å²) in [5.41, 5.74) is 6.22. The van der Waals surface area contributed by atoms with E-state index >= 15 is 0 Å². The molecule has 1 aliphatic rings. The fourth-order valence-electron chi connectivity index (χ4n) is 2.86. The summed E-state index contributed by atoms with van der Waals surface area (Å²) >= 11 is 0. The maximum atomic E-state index is 12.5. The average molecular weight is 377 g/mol. The minimum absolute atomic E-state index is 0.190. The summed E-state index contributed by atoms with van der Waals surface area (Å²) in [5.74, 6) is 0.926. The van der Waals surface area contributed by atoms with Gasteiger partial charge in [-0.1, -0.05) is 32.1 Å². The Labute approximate surface area is 156 Å². The molecule has 0 spiro atoms. The van der Waals surface area contributed by atoms with E-state index in [4.69, 9.17) is 0 Å². The lowest BCUT2D eigenvalue weighted by Gasteiger charge is -2.22. The van der Waals surface area contributed by atoms with Crippen molar-refractivity contribution in [2.24, 2.45) is 11.0 Å². The van der Waals surface area contributed by atoms with Crippen molar-refractivity contribution in [1.82, 2.24) is 9.29 Å². The van der Waals surface area contributed by atoms with Crippen molar-refractivity contribution >= 4 is 21.6 Å². The molecule has 0 fully saturated rings. The van der Waals surface area contributed by atoms with E-state index in [1.165, 1.54) is 10.5 Å². The molecule has 0 saturated heterocycles. The first-order valence-corrected chi connectivity index (χ1v) is 10.3. The summed E-state index contributed by atoms with van der Waals surface area (Å²) in [6.07, 6.45) is 5.39. The molecule has 0 saturated carbocycles. The lowest BCUT2D eigenvalue weighted by atomic mass is 9.85. The molecule has 1 atom stereocenters. The fourth-order valence-corrected chi connectivity index (χ4v) is 4.26. The van der Waals surface area contributed by atoms with E-state index in [1.807, 2.05) is 27.7 Å². The van der Waals surface area contributed by atoms with Crippen LogP contribution in [0.1, 0.15) is 40.5 Å². The Balaban J connectivity index is 2.13. The van der Waals surface area contributed by atoms with Crippen molar-refractivity contribution < 1.29 is 8.42 Å². The summed E-state index contributed by atoms with van der Waals surface area (Å²) in [7, 11) is -3.49. The molecule has 6 nitrogen and oxygen atoms in total. The summed E-state index contributed by atoms with van der Waals surface area (Å²) in [6, 6.07) is 3.20. The van der Waals surface area contributed by atoms with Crippen molar-refractivity contribution in [3.05, 3.63) is 42.1 Å². The third-order valence-electron chi connectivity index (χ3n) is 4.69. The van der Waals surface area contributed by atoms with E-state index in [2.05, 4.69) is 28.2 Å². The zero-order chi connectivity index (χ0) is 19.3. The third-order valence-corrected chi connectivity index (χ3v) is 6.72. The molecule has 0 amide bonds. The van der Waals surface area contributed by atoms with Gasteiger partial charge in [-0.05, 0) is 50.3 Å². The number of aromatic nitrogens is 1. The van der Waals surface area contributed by atoms with Gasteiger partial charge in [0.1, 0.15) is 10.7 Å². The Kier molecular flexibility index (Phi) is 6.72. The van der Waals surface area contributed by atoms with Gasteiger partial charge in [-0.2, -0.15) is 9.41 Å². The van der Waals surface area contributed by atoms with Crippen LogP contribution in [0.5, 0.6) is 0 Å². The van der Waals surface area contributed by atoms with Crippen LogP contribution in [-0.4, -0.2) is 36.5 Å². The first-order chi connectivity index (χ1) is 12.3. The number of hydrazone groups is 1. The number of sulfonamides is 1. The third kappa shape index (κ3) is 4.59. The molecule has 0 bridgehead atoms. The molecule has 1 heterocycles. The van der Waals surface area contributed by atoms with Gasteiger partial charge in [0, 0.05) is 19.3 Å². The monoisotopic (exact) mass is 376 g/mol. The second kappa shape index (κ2) is 8.60. The van der Waals surface area contributed by atoms with E-state index in [1.54, 1.807) is 12.1 Å². The average Bonchev–Trinajstić information content (AvgIpc) is 2.62. The first kappa shape index (κ1) is 20.3. The van der Waals surface area contributed by atoms with Gasteiger partial charge < -0.3 is 0 Å². The number of nitrogens with one attached hydrogen (secondary N) is 1. The van der Waals surface area contributed by atoms with Crippen molar-refractivity contribution in [2.45, 2.75) is 45.4 Å². The van der Waals surface area contributed by atoms with Crippen LogP contribution in [0.15, 0.2) is 52.1 Å². The zero-order valence-corrected chi connectivity index (χ0v) is 16.8. The second-order valence-electron chi connectivity index (χ2n) is 6.51. The van der Waals surface area contributed by atoms with Crippen molar-refractivity contribution in [3.63, 3.8) is 0 Å². The van der Waals surface area contributed by atoms with Crippen LogP contribution in [0.2, 0.25) is 0 Å². The molecular formula is C19H28N4O2S. The molecule has 0 aliphatic heterocycles. The van der Waals surface area contributed by atoms with Crippen LogP contribution in [-0.2, 0) is 10.0 Å². The van der Waals surface area contributed by atoms with Gasteiger partial charge in [-0.3, -0.25) is 5.43 Å². The molecule has 2 rings (SSSR count). The molecular weight excluding hydrogens is 348 g/mol. The number of pyridine rings is 1. The van der Waals surface area contributed by atoms with E-state index in [0.717, 1.165) is 29.7 Å². The Bertz CT molecular complexity index is 806. The van der Waals surface area contributed by atoms with Gasteiger partial charge in [0.2, 0.25) is 10.0 Å². The molecule has 26 heavy (non-hydrogen) atoms. The standard InChI is InChI=1S/C19H28N4O2S/c1-6-23(7-2)26(24,25)17-10-11-19(20-13-17)22-21-18-12-16(14(3)4)9-8-15(18)5/h8,10-11,13,16H,3,6-7,9,12H2,1-2,4-5H3,(H,20,22)/t16-/m1/s1. The molecule has 7 heteroatoms. The van der Waals surface area contributed by atoms with Crippen molar-refractivity contribution in [2.75, 3.05) is 18.5 Å². The topological polar surface area (TPSA) is 74.7 Å². The summed E-state index contributed by atoms with van der Waals surface area (Å²) < 4.78 is 26.4. The molecule has 1 aromatic rings. The van der Waals surface area contributed by atoms with E-state index < -0.39 is 10.0 Å². The number of allylic oxidation sites excluding steroid dienone is 3. The highest BCUT2D eigenvalue weighted by atomic mass is 32.2. The first-order valence-electron chi connectivity index (χ1n) is 8.90. The maximum absolute atomic E-state index is 12.5. The Morgan fingerprint density at radius 1 is 1.38 bits per heavy atom. The predicted molar refractivity (Wildman–Crippen MR) is 107 cm³/mol. The van der Waals surface area contributed by atoms with Crippen molar-refractivity contribution in [1.29, 1.82) is 0 Å². The Hall–Kier alpha value is -1.99. The normalized spacial score (nSPS) is 19.5. The predicted octanol–water partition coefficient (Wildman–Crippen LogP) is 3.81. The number of anilines is 1. The van der Waals surface area contributed by atoms with Gasteiger partial charge >= 0.3 is 0 Å². The highest BCUT2D eigenvalue weighted by Gasteiger charge is 2.22. The molecule has 1 aromatic heterocycles. The summed E-state index contributed by atoms with van der Waals surface area (Å²) in [6.45, 7) is 12.6. The smallest absolute Gasteiger partial charge is 0.244 e. The number of nitrogens with zero attached hydrogens (tertiary/aromatic N) is 3.